The van der Waals surface area contributed by atoms with Gasteiger partial charge in [-0.1, -0.05) is 24.3 Å². The third kappa shape index (κ3) is 3.97. The van der Waals surface area contributed by atoms with Crippen LogP contribution in [0.15, 0.2) is 53.6 Å². The first-order chi connectivity index (χ1) is 11.7. The molecule has 1 amide bonds. The standard InChI is InChI=1S/C18H18FN3O2/c19-16-12-14(6-7-17(16)22-8-10-24-11-9-22)13-20-21-18(23)15-4-2-1-3-5-15/h1-7,12-13H,8-11H2,(H,21,23)/b20-13-. The van der Waals surface area contributed by atoms with Gasteiger partial charge >= 0.3 is 0 Å². The van der Waals surface area contributed by atoms with Crippen LogP contribution in [-0.4, -0.2) is 38.4 Å². The molecule has 3 rings (SSSR count). The maximum Gasteiger partial charge on any atom is 0.271 e. The van der Waals surface area contributed by atoms with Crippen LogP contribution >= 0.6 is 0 Å². The van der Waals surface area contributed by atoms with Crippen molar-refractivity contribution in [1.82, 2.24) is 5.43 Å². The van der Waals surface area contributed by atoms with E-state index in [0.717, 1.165) is 0 Å². The molecule has 0 saturated carbocycles. The van der Waals surface area contributed by atoms with Crippen molar-refractivity contribution in [2.45, 2.75) is 0 Å². The van der Waals surface area contributed by atoms with Crippen LogP contribution in [0.2, 0.25) is 0 Å². The van der Waals surface area contributed by atoms with Crippen LogP contribution in [0.3, 0.4) is 0 Å². The normalized spacial score (nSPS) is 14.8. The van der Waals surface area contributed by atoms with E-state index >= 15 is 0 Å². The van der Waals surface area contributed by atoms with Gasteiger partial charge in [0.1, 0.15) is 5.82 Å². The maximum absolute atomic E-state index is 14.3. The topological polar surface area (TPSA) is 53.9 Å². The van der Waals surface area contributed by atoms with E-state index in [2.05, 4.69) is 10.5 Å². The summed E-state index contributed by atoms with van der Waals surface area (Å²) >= 11 is 0. The van der Waals surface area contributed by atoms with Crippen LogP contribution in [0.4, 0.5) is 10.1 Å². The van der Waals surface area contributed by atoms with Crippen LogP contribution in [-0.2, 0) is 4.74 Å². The highest BCUT2D eigenvalue weighted by atomic mass is 19.1. The van der Waals surface area contributed by atoms with Gasteiger partial charge in [0.05, 0.1) is 25.1 Å². The molecule has 24 heavy (non-hydrogen) atoms. The molecule has 5 nitrogen and oxygen atoms in total. The fourth-order valence-electron chi connectivity index (χ4n) is 2.48. The van der Waals surface area contributed by atoms with Crippen molar-refractivity contribution in [1.29, 1.82) is 0 Å². The number of hydrogen-bond acceptors (Lipinski definition) is 4. The zero-order valence-electron chi connectivity index (χ0n) is 13.1. The molecule has 1 saturated heterocycles. The number of benzene rings is 2. The second kappa shape index (κ2) is 7.70. The van der Waals surface area contributed by atoms with Gasteiger partial charge in [-0.2, -0.15) is 5.10 Å². The summed E-state index contributed by atoms with van der Waals surface area (Å²) in [6, 6.07) is 13.7. The minimum Gasteiger partial charge on any atom is -0.378 e. The number of nitrogens with one attached hydrogen (secondary N) is 1. The number of nitrogens with zero attached hydrogens (tertiary/aromatic N) is 2. The number of hydrogen-bond donors (Lipinski definition) is 1. The Morgan fingerprint density at radius 3 is 2.62 bits per heavy atom. The number of hydrazone groups is 1. The summed E-state index contributed by atoms with van der Waals surface area (Å²) in [5.74, 6) is -0.618. The monoisotopic (exact) mass is 327 g/mol. The van der Waals surface area contributed by atoms with E-state index in [-0.39, 0.29) is 11.7 Å². The summed E-state index contributed by atoms with van der Waals surface area (Å²) in [6.07, 6.45) is 1.42. The molecule has 0 radical (unpaired) electrons. The SMILES string of the molecule is O=C(N/N=C\c1ccc(N2CCOCC2)c(F)c1)c1ccccc1. The lowest BCUT2D eigenvalue weighted by molar-refractivity contribution is 0.0955. The Bertz CT molecular complexity index is 728. The molecule has 0 atom stereocenters. The highest BCUT2D eigenvalue weighted by Gasteiger charge is 2.14. The highest BCUT2D eigenvalue weighted by molar-refractivity contribution is 5.94. The van der Waals surface area contributed by atoms with Crippen molar-refractivity contribution < 1.29 is 13.9 Å². The molecular weight excluding hydrogens is 309 g/mol. The van der Waals surface area contributed by atoms with Crippen molar-refractivity contribution in [2.75, 3.05) is 31.2 Å². The van der Waals surface area contributed by atoms with E-state index in [9.17, 15) is 9.18 Å². The van der Waals surface area contributed by atoms with E-state index in [1.54, 1.807) is 36.4 Å². The number of anilines is 1. The Morgan fingerprint density at radius 2 is 1.92 bits per heavy atom. The number of rotatable bonds is 4. The van der Waals surface area contributed by atoms with Gasteiger partial charge in [-0.15, -0.1) is 0 Å². The van der Waals surface area contributed by atoms with Crippen LogP contribution < -0.4 is 10.3 Å². The average molecular weight is 327 g/mol. The van der Waals surface area contributed by atoms with Gasteiger partial charge in [0.25, 0.3) is 5.91 Å². The minimum absolute atomic E-state index is 0.308. The van der Waals surface area contributed by atoms with Gasteiger partial charge in [0.2, 0.25) is 0 Å². The molecule has 1 heterocycles. The first kappa shape index (κ1) is 16.1. The Labute approximate surface area is 139 Å². The smallest absolute Gasteiger partial charge is 0.271 e. The minimum atomic E-state index is -0.310. The molecule has 1 aliphatic heterocycles. The Kier molecular flexibility index (Phi) is 5.18. The van der Waals surface area contributed by atoms with Crippen molar-refractivity contribution in [2.24, 2.45) is 5.10 Å². The molecule has 0 bridgehead atoms. The lowest BCUT2D eigenvalue weighted by Crippen LogP contribution is -2.36. The summed E-state index contributed by atoms with van der Waals surface area (Å²) in [5.41, 5.74) is 4.08. The molecule has 0 aliphatic carbocycles. The largest absolute Gasteiger partial charge is 0.378 e. The van der Waals surface area contributed by atoms with Crippen LogP contribution in [0, 0.1) is 5.82 Å². The predicted molar refractivity (Wildman–Crippen MR) is 90.9 cm³/mol. The van der Waals surface area contributed by atoms with Gasteiger partial charge in [-0.25, -0.2) is 9.82 Å². The van der Waals surface area contributed by atoms with E-state index < -0.39 is 0 Å². The first-order valence-corrected chi connectivity index (χ1v) is 7.75. The lowest BCUT2D eigenvalue weighted by atomic mass is 10.2. The average Bonchev–Trinajstić information content (AvgIpc) is 2.63. The van der Waals surface area contributed by atoms with E-state index in [0.29, 0.717) is 43.1 Å². The molecule has 1 fully saturated rings. The maximum atomic E-state index is 14.3. The molecule has 124 valence electrons. The third-order valence-corrected chi connectivity index (χ3v) is 3.74. The molecule has 2 aromatic rings. The zero-order valence-corrected chi connectivity index (χ0v) is 13.1. The second-order valence-electron chi connectivity index (χ2n) is 5.38. The number of morpholine rings is 1. The number of carbonyl (C=O) groups excluding carboxylic acids is 1. The number of carbonyl (C=O) groups is 1. The van der Waals surface area contributed by atoms with E-state index in [1.807, 2.05) is 11.0 Å². The van der Waals surface area contributed by atoms with Crippen LogP contribution in [0.25, 0.3) is 0 Å². The Morgan fingerprint density at radius 1 is 1.17 bits per heavy atom. The quantitative estimate of drug-likeness (QED) is 0.693. The van der Waals surface area contributed by atoms with Crippen molar-refractivity contribution >= 4 is 17.8 Å². The van der Waals surface area contributed by atoms with Gasteiger partial charge in [-0.05, 0) is 29.8 Å². The van der Waals surface area contributed by atoms with E-state index in [4.69, 9.17) is 4.74 Å². The fraction of sp³-hybridized carbons (Fsp3) is 0.222. The molecule has 0 spiro atoms. The van der Waals surface area contributed by atoms with Crippen LogP contribution in [0.1, 0.15) is 15.9 Å². The van der Waals surface area contributed by atoms with E-state index in [1.165, 1.54) is 12.3 Å². The molecule has 0 aromatic heterocycles. The van der Waals surface area contributed by atoms with Gasteiger partial charge in [0.15, 0.2) is 0 Å². The summed E-state index contributed by atoms with van der Waals surface area (Å²) in [4.78, 5) is 13.8. The van der Waals surface area contributed by atoms with Gasteiger partial charge < -0.3 is 9.64 Å². The predicted octanol–water partition coefficient (Wildman–Crippen LogP) is 2.43. The van der Waals surface area contributed by atoms with Crippen molar-refractivity contribution in [3.8, 4) is 0 Å². The Hall–Kier alpha value is -2.73. The fourth-order valence-corrected chi connectivity index (χ4v) is 2.48. The van der Waals surface area contributed by atoms with Gasteiger partial charge in [-0.3, -0.25) is 4.79 Å². The van der Waals surface area contributed by atoms with Crippen LogP contribution in [0.5, 0.6) is 0 Å². The number of halogens is 1. The lowest BCUT2D eigenvalue weighted by Gasteiger charge is -2.29. The zero-order chi connectivity index (χ0) is 16.8. The van der Waals surface area contributed by atoms with Gasteiger partial charge in [0, 0.05) is 18.7 Å². The summed E-state index contributed by atoms with van der Waals surface area (Å²) in [7, 11) is 0. The third-order valence-electron chi connectivity index (χ3n) is 3.74. The highest BCUT2D eigenvalue weighted by Crippen LogP contribution is 2.21. The Balaban J connectivity index is 1.63. The second-order valence-corrected chi connectivity index (χ2v) is 5.38. The molecule has 0 unspecified atom stereocenters. The van der Waals surface area contributed by atoms with Crippen molar-refractivity contribution in [3.63, 3.8) is 0 Å². The number of ether oxygens (including phenoxy) is 1. The summed E-state index contributed by atoms with van der Waals surface area (Å²) in [5, 5.41) is 3.88. The summed E-state index contributed by atoms with van der Waals surface area (Å²) < 4.78 is 19.5. The molecular formula is C18H18FN3O2. The van der Waals surface area contributed by atoms with Crippen molar-refractivity contribution in [3.05, 3.63) is 65.5 Å². The molecule has 1 aliphatic rings. The number of amides is 1. The molecule has 6 heteroatoms. The summed E-state index contributed by atoms with van der Waals surface area (Å²) in [6.45, 7) is 2.57. The first-order valence-electron chi connectivity index (χ1n) is 7.75. The molecule has 2 aromatic carbocycles. The molecule has 1 N–H and O–H groups in total.